The Morgan fingerprint density at radius 2 is 1.68 bits per heavy atom. The van der Waals surface area contributed by atoms with Gasteiger partial charge in [0, 0.05) is 11.3 Å². The molecule has 1 fully saturated rings. The number of benzene rings is 3. The van der Waals surface area contributed by atoms with E-state index < -0.39 is 23.7 Å². The van der Waals surface area contributed by atoms with Crippen molar-refractivity contribution >= 4 is 29.1 Å². The minimum Gasteiger partial charge on any atom is -0.507 e. The van der Waals surface area contributed by atoms with Gasteiger partial charge in [-0.05, 0) is 73.9 Å². The zero-order chi connectivity index (χ0) is 26.5. The number of aliphatic hydroxyl groups excluding tert-OH is 1. The molecule has 0 spiro atoms. The van der Waals surface area contributed by atoms with Gasteiger partial charge in [0.1, 0.15) is 11.5 Å². The highest BCUT2D eigenvalue weighted by Gasteiger charge is 2.47. The maximum absolute atomic E-state index is 13.4. The van der Waals surface area contributed by atoms with Crippen LogP contribution >= 0.6 is 0 Å². The van der Waals surface area contributed by atoms with Gasteiger partial charge in [-0.2, -0.15) is 0 Å². The van der Waals surface area contributed by atoms with Crippen molar-refractivity contribution in [3.05, 3.63) is 101 Å². The highest BCUT2D eigenvalue weighted by molar-refractivity contribution is 6.51. The molecule has 1 atom stereocenters. The van der Waals surface area contributed by atoms with E-state index in [1.54, 1.807) is 49.4 Å². The Balaban J connectivity index is 1.86. The molecule has 7 heteroatoms. The first-order valence-electron chi connectivity index (χ1n) is 12.2. The van der Waals surface area contributed by atoms with Gasteiger partial charge in [0.05, 0.1) is 30.4 Å². The molecule has 0 aromatic heterocycles. The Morgan fingerprint density at radius 1 is 0.946 bits per heavy atom. The minimum atomic E-state index is -0.894. The predicted octanol–water partition coefficient (Wildman–Crippen LogP) is 5.59. The molecule has 0 bridgehead atoms. The quantitative estimate of drug-likeness (QED) is 0.188. The van der Waals surface area contributed by atoms with E-state index in [-0.39, 0.29) is 23.5 Å². The van der Waals surface area contributed by atoms with E-state index in [9.17, 15) is 19.5 Å². The molecule has 1 unspecified atom stereocenters. The summed E-state index contributed by atoms with van der Waals surface area (Å²) in [7, 11) is 0. The molecule has 1 aliphatic rings. The van der Waals surface area contributed by atoms with Crippen LogP contribution in [-0.2, 0) is 14.3 Å². The molecule has 1 N–H and O–H groups in total. The van der Waals surface area contributed by atoms with Crippen LogP contribution in [0.4, 0.5) is 5.69 Å². The highest BCUT2D eigenvalue weighted by Crippen LogP contribution is 2.43. The standard InChI is InChI=1S/C30H29NO6/c1-4-17-37-23-15-13-20(14-16-23)27(32)25-26(24-12-7-6-9-19(24)3)31(29(34)28(25)33)22-11-8-10-21(18-22)30(35)36-5-2/h6-16,18,26,32H,4-5,17H2,1-3H3/b27-25+. The number of aliphatic hydroxyl groups is 1. The molecule has 0 radical (unpaired) electrons. The van der Waals surface area contributed by atoms with Crippen LogP contribution in [-0.4, -0.2) is 36.0 Å². The molecule has 4 rings (SSSR count). The maximum Gasteiger partial charge on any atom is 0.338 e. The van der Waals surface area contributed by atoms with Gasteiger partial charge in [-0.1, -0.05) is 37.3 Å². The van der Waals surface area contributed by atoms with Gasteiger partial charge < -0.3 is 14.6 Å². The average molecular weight is 500 g/mol. The Bertz CT molecular complexity index is 1360. The van der Waals surface area contributed by atoms with Crippen LogP contribution in [0.15, 0.2) is 78.4 Å². The fourth-order valence-electron chi connectivity index (χ4n) is 4.37. The third kappa shape index (κ3) is 5.11. The topological polar surface area (TPSA) is 93.1 Å². The van der Waals surface area contributed by atoms with Crippen LogP contribution in [0.1, 0.15) is 53.4 Å². The molecule has 0 aliphatic carbocycles. The van der Waals surface area contributed by atoms with E-state index in [0.29, 0.717) is 29.2 Å². The van der Waals surface area contributed by atoms with Crippen LogP contribution in [0, 0.1) is 6.92 Å². The van der Waals surface area contributed by atoms with Crippen LogP contribution in [0.5, 0.6) is 5.75 Å². The first kappa shape index (κ1) is 25.7. The molecule has 190 valence electrons. The van der Waals surface area contributed by atoms with Crippen molar-refractivity contribution in [2.45, 2.75) is 33.2 Å². The van der Waals surface area contributed by atoms with E-state index >= 15 is 0 Å². The lowest BCUT2D eigenvalue weighted by Crippen LogP contribution is -2.30. The molecule has 1 saturated heterocycles. The van der Waals surface area contributed by atoms with E-state index in [4.69, 9.17) is 9.47 Å². The fourth-order valence-corrected chi connectivity index (χ4v) is 4.37. The van der Waals surface area contributed by atoms with Gasteiger partial charge in [-0.15, -0.1) is 0 Å². The minimum absolute atomic E-state index is 0.0249. The molecular formula is C30H29NO6. The Hall–Kier alpha value is -4.39. The third-order valence-electron chi connectivity index (χ3n) is 6.16. The van der Waals surface area contributed by atoms with E-state index in [1.165, 1.54) is 11.0 Å². The molecule has 7 nitrogen and oxygen atoms in total. The molecule has 3 aromatic carbocycles. The Morgan fingerprint density at radius 3 is 2.35 bits per heavy atom. The van der Waals surface area contributed by atoms with Crippen LogP contribution < -0.4 is 9.64 Å². The van der Waals surface area contributed by atoms with Crippen molar-refractivity contribution in [1.82, 2.24) is 0 Å². The van der Waals surface area contributed by atoms with Gasteiger partial charge in [-0.3, -0.25) is 14.5 Å². The number of hydrogen-bond donors (Lipinski definition) is 1. The van der Waals surface area contributed by atoms with Gasteiger partial charge >= 0.3 is 5.97 Å². The third-order valence-corrected chi connectivity index (χ3v) is 6.16. The van der Waals surface area contributed by atoms with Crippen LogP contribution in [0.25, 0.3) is 5.76 Å². The second-order valence-electron chi connectivity index (χ2n) is 8.67. The summed E-state index contributed by atoms with van der Waals surface area (Å²) < 4.78 is 10.7. The average Bonchev–Trinajstić information content (AvgIpc) is 3.17. The number of amides is 1. The number of Topliss-reactive ketones (excluding diaryl/α,β-unsaturated/α-hetero) is 1. The number of aryl methyl sites for hydroxylation is 1. The molecule has 1 heterocycles. The first-order valence-corrected chi connectivity index (χ1v) is 12.2. The van der Waals surface area contributed by atoms with Gasteiger partial charge in [0.15, 0.2) is 0 Å². The monoisotopic (exact) mass is 499 g/mol. The summed E-state index contributed by atoms with van der Waals surface area (Å²) in [4.78, 5) is 40.5. The van der Waals surface area contributed by atoms with Crippen molar-refractivity contribution in [3.8, 4) is 5.75 Å². The van der Waals surface area contributed by atoms with Crippen LogP contribution in [0.2, 0.25) is 0 Å². The molecule has 3 aromatic rings. The molecule has 1 amide bonds. The van der Waals surface area contributed by atoms with Crippen molar-refractivity contribution in [2.24, 2.45) is 0 Å². The normalized spacial score (nSPS) is 16.6. The molecule has 0 saturated carbocycles. The lowest BCUT2D eigenvalue weighted by Gasteiger charge is -2.27. The molecule has 1 aliphatic heterocycles. The number of anilines is 1. The summed E-state index contributed by atoms with van der Waals surface area (Å²) in [5.41, 5.74) is 2.50. The maximum atomic E-state index is 13.4. The summed E-state index contributed by atoms with van der Waals surface area (Å²) in [5, 5.41) is 11.3. The summed E-state index contributed by atoms with van der Waals surface area (Å²) in [6, 6.07) is 19.6. The van der Waals surface area contributed by atoms with Crippen LogP contribution in [0.3, 0.4) is 0 Å². The number of ketones is 1. The highest BCUT2D eigenvalue weighted by atomic mass is 16.5. The van der Waals surface area contributed by atoms with E-state index in [2.05, 4.69) is 0 Å². The number of nitrogens with zero attached hydrogens (tertiary/aromatic N) is 1. The number of carbonyl (C=O) groups is 3. The number of ether oxygens (including phenoxy) is 2. The molecular weight excluding hydrogens is 470 g/mol. The lowest BCUT2D eigenvalue weighted by molar-refractivity contribution is -0.132. The summed E-state index contributed by atoms with van der Waals surface area (Å²) >= 11 is 0. The predicted molar refractivity (Wildman–Crippen MR) is 141 cm³/mol. The summed E-state index contributed by atoms with van der Waals surface area (Å²) in [6.45, 7) is 6.37. The fraction of sp³-hybridized carbons (Fsp3) is 0.233. The summed E-state index contributed by atoms with van der Waals surface area (Å²) in [6.07, 6.45) is 0.860. The van der Waals surface area contributed by atoms with Crippen molar-refractivity contribution < 1.29 is 29.0 Å². The largest absolute Gasteiger partial charge is 0.507 e. The number of esters is 1. The van der Waals surface area contributed by atoms with Gasteiger partial charge in [0.25, 0.3) is 11.7 Å². The first-order chi connectivity index (χ1) is 17.9. The van der Waals surface area contributed by atoms with Crippen molar-refractivity contribution in [1.29, 1.82) is 0 Å². The van der Waals surface area contributed by atoms with Crippen molar-refractivity contribution in [2.75, 3.05) is 18.1 Å². The zero-order valence-electron chi connectivity index (χ0n) is 21.1. The summed E-state index contributed by atoms with van der Waals surface area (Å²) in [5.74, 6) is -1.76. The smallest absolute Gasteiger partial charge is 0.338 e. The second kappa shape index (κ2) is 11.1. The Labute approximate surface area is 215 Å². The van der Waals surface area contributed by atoms with Gasteiger partial charge in [0.2, 0.25) is 0 Å². The van der Waals surface area contributed by atoms with E-state index in [0.717, 1.165) is 12.0 Å². The lowest BCUT2D eigenvalue weighted by atomic mass is 9.92. The number of carbonyl (C=O) groups excluding carboxylic acids is 3. The molecule has 37 heavy (non-hydrogen) atoms. The second-order valence-corrected chi connectivity index (χ2v) is 8.67. The van der Waals surface area contributed by atoms with Crippen molar-refractivity contribution in [3.63, 3.8) is 0 Å². The number of hydrogen-bond acceptors (Lipinski definition) is 6. The Kier molecular flexibility index (Phi) is 7.72. The zero-order valence-corrected chi connectivity index (χ0v) is 21.1. The number of rotatable bonds is 8. The van der Waals surface area contributed by atoms with Gasteiger partial charge in [-0.25, -0.2) is 4.79 Å². The van der Waals surface area contributed by atoms with E-state index in [1.807, 2.05) is 38.1 Å². The SMILES string of the molecule is CCCOc1ccc(/C(O)=C2\C(=O)C(=O)N(c3cccc(C(=O)OCC)c3)C2c2ccccc2C)cc1.